The Bertz CT molecular complexity index is 1680. The molecule has 45 heavy (non-hydrogen) atoms. The van der Waals surface area contributed by atoms with E-state index in [1.807, 2.05) is 13.8 Å². The van der Waals surface area contributed by atoms with Gasteiger partial charge in [0, 0.05) is 19.0 Å². The van der Waals surface area contributed by atoms with E-state index in [1.54, 1.807) is 24.4 Å². The van der Waals surface area contributed by atoms with Crippen molar-refractivity contribution in [3.8, 4) is 17.1 Å². The Morgan fingerprint density at radius 1 is 0.978 bits per heavy atom. The lowest BCUT2D eigenvalue weighted by molar-refractivity contribution is 0.207. The van der Waals surface area contributed by atoms with E-state index >= 15 is 0 Å². The first kappa shape index (κ1) is 33.8. The first-order valence-electron chi connectivity index (χ1n) is 16.2. The van der Waals surface area contributed by atoms with E-state index in [2.05, 4.69) is 4.98 Å². The highest BCUT2D eigenvalue weighted by atomic mass is 32.2. The normalized spacial score (nSPS) is 18.0. The molecule has 5 rings (SSSR count). The molecule has 12 nitrogen and oxygen atoms in total. The minimum atomic E-state index is -3.88. The van der Waals surface area contributed by atoms with E-state index in [-0.39, 0.29) is 47.4 Å². The number of benzene rings is 1. The molecule has 0 bridgehead atoms. The maximum Gasteiger partial charge on any atom is 0.330 e. The molecular formula is C31H46N5O7PS. The number of aromatic amines is 1. The fourth-order valence-corrected chi connectivity index (χ4v) is 10.2. The Labute approximate surface area is 265 Å². The highest BCUT2D eigenvalue weighted by Crippen LogP contribution is 2.51. The smallest absolute Gasteiger partial charge is 0.330 e. The third-order valence-electron chi connectivity index (χ3n) is 8.77. The van der Waals surface area contributed by atoms with E-state index in [1.165, 1.54) is 29.3 Å². The van der Waals surface area contributed by atoms with E-state index < -0.39 is 17.6 Å². The van der Waals surface area contributed by atoms with Gasteiger partial charge in [-0.2, -0.15) is 4.31 Å². The molecule has 1 saturated heterocycles. The number of ether oxygens (including phenoxy) is 1. The molecule has 2 fully saturated rings. The van der Waals surface area contributed by atoms with Gasteiger partial charge < -0.3 is 18.8 Å². The molecule has 248 valence electrons. The number of imidazole rings is 1. The second-order valence-corrected chi connectivity index (χ2v) is 15.9. The summed E-state index contributed by atoms with van der Waals surface area (Å²) in [7, 11) is -7.10. The number of hydrogen-bond donors (Lipinski definition) is 1. The first-order chi connectivity index (χ1) is 21.6. The van der Waals surface area contributed by atoms with Gasteiger partial charge in [-0.25, -0.2) is 17.9 Å². The van der Waals surface area contributed by atoms with Gasteiger partial charge in [-0.05, 0) is 77.5 Å². The SMILES string of the molecule is CCOc1ccc(S(=O)(=O)N2CCC(CP(=O)(OCC)OCC)CC2)cc1-c1nn2c(C3CCCCCC3)nc(C)c2c(=O)[nH]1. The first-order valence-corrected chi connectivity index (χ1v) is 19.4. The maximum atomic E-state index is 13.9. The molecule has 0 amide bonds. The second-order valence-electron chi connectivity index (χ2n) is 11.9. The highest BCUT2D eigenvalue weighted by molar-refractivity contribution is 7.89. The molecule has 1 aliphatic heterocycles. The number of hydrogen-bond acceptors (Lipinski definition) is 9. The molecular weight excluding hydrogens is 617 g/mol. The van der Waals surface area contributed by atoms with Gasteiger partial charge in [0.2, 0.25) is 10.0 Å². The monoisotopic (exact) mass is 663 g/mol. The third kappa shape index (κ3) is 7.38. The summed E-state index contributed by atoms with van der Waals surface area (Å²) >= 11 is 0. The number of aromatic nitrogens is 4. The summed E-state index contributed by atoms with van der Waals surface area (Å²) < 4.78 is 60.7. The van der Waals surface area contributed by atoms with Gasteiger partial charge in [0.15, 0.2) is 11.3 Å². The van der Waals surface area contributed by atoms with Crippen molar-refractivity contribution in [1.29, 1.82) is 0 Å². The van der Waals surface area contributed by atoms with Gasteiger partial charge in [-0.15, -0.1) is 5.10 Å². The molecule has 2 aromatic heterocycles. The van der Waals surface area contributed by atoms with E-state index in [4.69, 9.17) is 23.9 Å². The van der Waals surface area contributed by atoms with Crippen LogP contribution < -0.4 is 10.3 Å². The van der Waals surface area contributed by atoms with Crippen LogP contribution in [0.15, 0.2) is 27.9 Å². The van der Waals surface area contributed by atoms with Gasteiger partial charge in [-0.3, -0.25) is 9.36 Å². The molecule has 3 aromatic rings. The number of sulfonamides is 1. The molecule has 3 heterocycles. The van der Waals surface area contributed by atoms with Gasteiger partial charge in [0.05, 0.1) is 42.1 Å². The zero-order chi connectivity index (χ0) is 32.2. The predicted molar refractivity (Wildman–Crippen MR) is 173 cm³/mol. The minimum absolute atomic E-state index is 0.0265. The largest absolute Gasteiger partial charge is 0.493 e. The van der Waals surface area contributed by atoms with Crippen LogP contribution in [0.25, 0.3) is 16.9 Å². The van der Waals surface area contributed by atoms with Crippen LogP contribution in [0.3, 0.4) is 0 Å². The molecule has 1 aliphatic carbocycles. The van der Waals surface area contributed by atoms with Crippen molar-refractivity contribution in [2.45, 2.75) is 89.9 Å². The fourth-order valence-electron chi connectivity index (χ4n) is 6.59. The predicted octanol–water partition coefficient (Wildman–Crippen LogP) is 5.90. The Morgan fingerprint density at radius 2 is 1.64 bits per heavy atom. The zero-order valence-corrected chi connectivity index (χ0v) is 28.5. The Hall–Kier alpha value is -2.57. The number of fused-ring (bicyclic) bond motifs is 1. The summed E-state index contributed by atoms with van der Waals surface area (Å²) in [6, 6.07) is 4.68. The molecule has 1 N–H and O–H groups in total. The van der Waals surface area contributed by atoms with Crippen LogP contribution in [0.4, 0.5) is 0 Å². The lowest BCUT2D eigenvalue weighted by Gasteiger charge is -2.32. The molecule has 0 spiro atoms. The number of H-pyrrole nitrogens is 1. The molecule has 0 unspecified atom stereocenters. The van der Waals surface area contributed by atoms with Crippen molar-refractivity contribution < 1.29 is 26.8 Å². The Morgan fingerprint density at radius 3 is 2.27 bits per heavy atom. The van der Waals surface area contributed by atoms with Crippen molar-refractivity contribution in [3.05, 3.63) is 40.1 Å². The number of aryl methyl sites for hydroxylation is 1. The van der Waals surface area contributed by atoms with Crippen molar-refractivity contribution in [2.75, 3.05) is 39.1 Å². The molecule has 0 radical (unpaired) electrons. The van der Waals surface area contributed by atoms with Gasteiger partial charge in [0.1, 0.15) is 11.6 Å². The van der Waals surface area contributed by atoms with Gasteiger partial charge in [0.25, 0.3) is 5.56 Å². The molecule has 0 atom stereocenters. The van der Waals surface area contributed by atoms with Crippen molar-refractivity contribution in [2.24, 2.45) is 5.92 Å². The van der Waals surface area contributed by atoms with E-state index in [0.29, 0.717) is 55.2 Å². The molecule has 1 aromatic carbocycles. The summed E-state index contributed by atoms with van der Waals surface area (Å²) in [5.41, 5.74) is 1.08. The van der Waals surface area contributed by atoms with Crippen LogP contribution >= 0.6 is 7.60 Å². The quantitative estimate of drug-likeness (QED) is 0.185. The average Bonchev–Trinajstić information content (AvgIpc) is 3.15. The fraction of sp³-hybridized carbons (Fsp3) is 0.645. The van der Waals surface area contributed by atoms with E-state index in [0.717, 1.165) is 31.5 Å². The zero-order valence-electron chi connectivity index (χ0n) is 26.8. The number of nitrogens with one attached hydrogen (secondary N) is 1. The number of piperidine rings is 1. The van der Waals surface area contributed by atoms with Crippen LogP contribution in [0.2, 0.25) is 0 Å². The van der Waals surface area contributed by atoms with Crippen molar-refractivity contribution in [3.63, 3.8) is 0 Å². The standard InChI is InChI=1S/C31H46N5O7PS/c1-5-41-27-15-14-25(45(39,40)35-18-16-23(17-19-35)21-44(38,42-6-2)43-7-3)20-26(27)29-33-31(37)28-22(4)32-30(36(28)34-29)24-12-10-8-9-11-13-24/h14-15,20,23-24H,5-13,16-19,21H2,1-4H3,(H,33,34,37). The van der Waals surface area contributed by atoms with Crippen LogP contribution in [0.5, 0.6) is 5.75 Å². The van der Waals surface area contributed by atoms with Crippen molar-refractivity contribution >= 4 is 23.1 Å². The topological polar surface area (TPSA) is 145 Å². The lowest BCUT2D eigenvalue weighted by Crippen LogP contribution is -2.39. The summed E-state index contributed by atoms with van der Waals surface area (Å²) in [4.78, 5) is 21.2. The second kappa shape index (κ2) is 14.5. The molecule has 14 heteroatoms. The average molecular weight is 664 g/mol. The van der Waals surface area contributed by atoms with Gasteiger partial charge in [-0.1, -0.05) is 25.7 Å². The Kier molecular flexibility index (Phi) is 10.9. The van der Waals surface area contributed by atoms with Gasteiger partial charge >= 0.3 is 7.60 Å². The third-order valence-corrected chi connectivity index (χ3v) is 12.9. The Balaban J connectivity index is 1.45. The lowest BCUT2D eigenvalue weighted by atomic mass is 10.00. The highest BCUT2D eigenvalue weighted by Gasteiger charge is 2.35. The summed E-state index contributed by atoms with van der Waals surface area (Å²) in [6.07, 6.45) is 7.94. The summed E-state index contributed by atoms with van der Waals surface area (Å²) in [6.45, 7) is 8.73. The van der Waals surface area contributed by atoms with Crippen LogP contribution in [0, 0.1) is 12.8 Å². The summed E-state index contributed by atoms with van der Waals surface area (Å²) in [5, 5.41) is 4.85. The number of nitrogens with zero attached hydrogens (tertiary/aromatic N) is 4. The summed E-state index contributed by atoms with van der Waals surface area (Å²) in [5.74, 6) is 1.65. The number of rotatable bonds is 12. The molecule has 1 saturated carbocycles. The van der Waals surface area contributed by atoms with Crippen LogP contribution in [-0.4, -0.2) is 71.4 Å². The van der Waals surface area contributed by atoms with E-state index in [9.17, 15) is 17.8 Å². The van der Waals surface area contributed by atoms with Crippen LogP contribution in [-0.2, 0) is 23.6 Å². The molecule has 2 aliphatic rings. The van der Waals surface area contributed by atoms with Crippen LogP contribution in [0.1, 0.15) is 89.6 Å². The van der Waals surface area contributed by atoms with Crippen molar-refractivity contribution in [1.82, 2.24) is 23.9 Å². The minimum Gasteiger partial charge on any atom is -0.493 e. The maximum absolute atomic E-state index is 13.9.